The Kier molecular flexibility index (Phi) is 4.72. The van der Waals surface area contributed by atoms with Crippen LogP contribution in [0.1, 0.15) is 15.9 Å². The Hall–Kier alpha value is -2.92. The van der Waals surface area contributed by atoms with E-state index in [4.69, 9.17) is 11.6 Å². The summed E-state index contributed by atoms with van der Waals surface area (Å²) in [6, 6.07) is 16.4. The van der Waals surface area contributed by atoms with Crippen molar-refractivity contribution < 1.29 is 4.79 Å². The van der Waals surface area contributed by atoms with E-state index in [9.17, 15) is 9.59 Å². The van der Waals surface area contributed by atoms with Crippen LogP contribution >= 0.6 is 11.6 Å². The Labute approximate surface area is 143 Å². The van der Waals surface area contributed by atoms with Crippen LogP contribution in [0.5, 0.6) is 0 Å². The molecule has 0 aliphatic heterocycles. The number of aromatic nitrogens is 2. The zero-order chi connectivity index (χ0) is 16.9. The maximum Gasteiger partial charge on any atom is 0.264 e. The average Bonchev–Trinajstić information content (AvgIpc) is 2.61. The molecule has 0 spiro atoms. The first-order valence-corrected chi connectivity index (χ1v) is 7.69. The number of carbonyl (C=O) groups excluding carboxylic acids is 1. The third-order valence-electron chi connectivity index (χ3n) is 3.49. The van der Waals surface area contributed by atoms with Crippen molar-refractivity contribution in [3.8, 4) is 11.4 Å². The lowest BCUT2D eigenvalue weighted by Crippen LogP contribution is -2.29. The smallest absolute Gasteiger partial charge is 0.264 e. The number of hydrogen-bond acceptors (Lipinski definition) is 3. The summed E-state index contributed by atoms with van der Waals surface area (Å²) in [6.07, 6.45) is 1.28. The molecule has 3 aromatic rings. The van der Waals surface area contributed by atoms with Gasteiger partial charge in [0.05, 0.1) is 0 Å². The minimum atomic E-state index is -0.497. The predicted octanol–water partition coefficient (Wildman–Crippen LogP) is 3.02. The number of nitrogens with zero attached hydrogens (tertiary/aromatic N) is 1. The van der Waals surface area contributed by atoms with Crippen LogP contribution < -0.4 is 10.9 Å². The van der Waals surface area contributed by atoms with Gasteiger partial charge in [-0.15, -0.1) is 0 Å². The maximum absolute atomic E-state index is 12.2. The number of amides is 1. The summed E-state index contributed by atoms with van der Waals surface area (Å²) in [5.41, 5.74) is 1.03. The molecule has 0 saturated carbocycles. The standard InChI is InChI=1S/C18H14ClN3O2/c19-15-9-5-4-8-13(15)10-21-17(23)14-11-20-16(22-18(14)24)12-6-2-1-3-7-12/h1-9,11H,10H2,(H,21,23)(H,20,22,24). The molecule has 0 unspecified atom stereocenters. The minimum absolute atomic E-state index is 0.0401. The summed E-state index contributed by atoms with van der Waals surface area (Å²) >= 11 is 6.04. The Balaban J connectivity index is 1.76. The number of benzene rings is 2. The molecule has 120 valence electrons. The van der Waals surface area contributed by atoms with E-state index in [1.807, 2.05) is 48.5 Å². The normalized spacial score (nSPS) is 10.4. The summed E-state index contributed by atoms with van der Waals surface area (Å²) < 4.78 is 0. The molecule has 24 heavy (non-hydrogen) atoms. The summed E-state index contributed by atoms with van der Waals surface area (Å²) in [7, 11) is 0. The van der Waals surface area contributed by atoms with E-state index in [1.54, 1.807) is 6.07 Å². The highest BCUT2D eigenvalue weighted by atomic mass is 35.5. The minimum Gasteiger partial charge on any atom is -0.348 e. The van der Waals surface area contributed by atoms with Gasteiger partial charge in [-0.25, -0.2) is 4.98 Å². The zero-order valence-electron chi connectivity index (χ0n) is 12.6. The van der Waals surface area contributed by atoms with E-state index in [-0.39, 0.29) is 12.1 Å². The molecule has 3 rings (SSSR count). The lowest BCUT2D eigenvalue weighted by molar-refractivity contribution is 0.0949. The van der Waals surface area contributed by atoms with Crippen LogP contribution in [0, 0.1) is 0 Å². The second-order valence-corrected chi connectivity index (χ2v) is 5.52. The molecule has 2 aromatic carbocycles. The van der Waals surface area contributed by atoms with Crippen molar-refractivity contribution in [1.82, 2.24) is 15.3 Å². The van der Waals surface area contributed by atoms with Crippen LogP contribution in [0.25, 0.3) is 11.4 Å². The van der Waals surface area contributed by atoms with Crippen molar-refractivity contribution >= 4 is 17.5 Å². The van der Waals surface area contributed by atoms with Crippen molar-refractivity contribution in [3.05, 3.63) is 87.3 Å². The molecular formula is C18H14ClN3O2. The van der Waals surface area contributed by atoms with Gasteiger partial charge in [-0.3, -0.25) is 9.59 Å². The van der Waals surface area contributed by atoms with Crippen molar-refractivity contribution in [2.45, 2.75) is 6.54 Å². The van der Waals surface area contributed by atoms with E-state index < -0.39 is 11.5 Å². The molecule has 0 bridgehead atoms. The fraction of sp³-hybridized carbons (Fsp3) is 0.0556. The molecule has 5 nitrogen and oxygen atoms in total. The monoisotopic (exact) mass is 339 g/mol. The number of H-pyrrole nitrogens is 1. The molecule has 2 N–H and O–H groups in total. The van der Waals surface area contributed by atoms with Gasteiger partial charge >= 0.3 is 0 Å². The molecule has 0 aliphatic carbocycles. The highest BCUT2D eigenvalue weighted by Gasteiger charge is 2.12. The SMILES string of the molecule is O=C(NCc1ccccc1Cl)c1cnc(-c2ccccc2)[nH]c1=O. The van der Waals surface area contributed by atoms with Crippen molar-refractivity contribution in [3.63, 3.8) is 0 Å². The summed E-state index contributed by atoms with van der Waals surface area (Å²) in [6.45, 7) is 0.235. The fourth-order valence-corrected chi connectivity index (χ4v) is 2.41. The van der Waals surface area contributed by atoms with Crippen LogP contribution in [-0.2, 0) is 6.54 Å². The van der Waals surface area contributed by atoms with Gasteiger partial charge in [-0.05, 0) is 11.6 Å². The van der Waals surface area contributed by atoms with Gasteiger partial charge in [0.25, 0.3) is 11.5 Å². The third kappa shape index (κ3) is 3.52. The molecule has 0 radical (unpaired) electrons. The molecule has 0 aliphatic rings. The van der Waals surface area contributed by atoms with Crippen molar-refractivity contribution in [1.29, 1.82) is 0 Å². The predicted molar refractivity (Wildman–Crippen MR) is 92.9 cm³/mol. The highest BCUT2D eigenvalue weighted by Crippen LogP contribution is 2.14. The molecule has 0 fully saturated rings. The van der Waals surface area contributed by atoms with Crippen molar-refractivity contribution in [2.24, 2.45) is 0 Å². The molecular weight excluding hydrogens is 326 g/mol. The second-order valence-electron chi connectivity index (χ2n) is 5.11. The number of rotatable bonds is 4. The van der Waals surface area contributed by atoms with E-state index >= 15 is 0 Å². The first-order chi connectivity index (χ1) is 11.6. The number of aromatic amines is 1. The highest BCUT2D eigenvalue weighted by molar-refractivity contribution is 6.31. The van der Waals surface area contributed by atoms with Gasteiger partial charge in [0.15, 0.2) is 0 Å². The number of hydrogen-bond donors (Lipinski definition) is 2. The Morgan fingerprint density at radius 2 is 1.79 bits per heavy atom. The van der Waals surface area contributed by atoms with Crippen LogP contribution in [-0.4, -0.2) is 15.9 Å². The van der Waals surface area contributed by atoms with E-state index in [2.05, 4.69) is 15.3 Å². The first-order valence-electron chi connectivity index (χ1n) is 7.31. The first kappa shape index (κ1) is 16.0. The third-order valence-corrected chi connectivity index (χ3v) is 3.86. The molecule has 6 heteroatoms. The number of halogens is 1. The van der Waals surface area contributed by atoms with Crippen molar-refractivity contribution in [2.75, 3.05) is 0 Å². The van der Waals surface area contributed by atoms with Crippen LogP contribution in [0.15, 0.2) is 65.6 Å². The quantitative estimate of drug-likeness (QED) is 0.767. The topological polar surface area (TPSA) is 74.8 Å². The number of nitrogens with one attached hydrogen (secondary N) is 2. The summed E-state index contributed by atoms with van der Waals surface area (Å²) in [4.78, 5) is 31.1. The fourth-order valence-electron chi connectivity index (χ4n) is 2.21. The van der Waals surface area contributed by atoms with Crippen LogP contribution in [0.2, 0.25) is 5.02 Å². The van der Waals surface area contributed by atoms with E-state index in [0.29, 0.717) is 10.8 Å². The van der Waals surface area contributed by atoms with Crippen LogP contribution in [0.4, 0.5) is 0 Å². The van der Waals surface area contributed by atoms with Gasteiger partial charge in [0, 0.05) is 23.3 Å². The van der Waals surface area contributed by atoms with Crippen LogP contribution in [0.3, 0.4) is 0 Å². The Bertz CT molecular complexity index is 923. The molecule has 1 heterocycles. The molecule has 1 amide bonds. The maximum atomic E-state index is 12.2. The molecule has 0 saturated heterocycles. The Morgan fingerprint density at radius 3 is 2.50 bits per heavy atom. The Morgan fingerprint density at radius 1 is 1.08 bits per heavy atom. The summed E-state index contributed by atoms with van der Waals surface area (Å²) in [5.74, 6) is -0.0773. The second kappa shape index (κ2) is 7.10. The van der Waals surface area contributed by atoms with E-state index in [0.717, 1.165) is 11.1 Å². The largest absolute Gasteiger partial charge is 0.348 e. The van der Waals surface area contributed by atoms with Gasteiger partial charge in [0.1, 0.15) is 11.4 Å². The van der Waals surface area contributed by atoms with E-state index in [1.165, 1.54) is 6.20 Å². The summed E-state index contributed by atoms with van der Waals surface area (Å²) in [5, 5.41) is 3.23. The average molecular weight is 340 g/mol. The molecule has 0 atom stereocenters. The lowest BCUT2D eigenvalue weighted by atomic mass is 10.2. The van der Waals surface area contributed by atoms with Gasteiger partial charge in [0.2, 0.25) is 0 Å². The number of carbonyl (C=O) groups is 1. The molecule has 1 aromatic heterocycles. The van der Waals surface area contributed by atoms with Gasteiger partial charge in [-0.1, -0.05) is 60.1 Å². The van der Waals surface area contributed by atoms with Gasteiger partial charge < -0.3 is 10.3 Å². The van der Waals surface area contributed by atoms with Gasteiger partial charge in [-0.2, -0.15) is 0 Å². The lowest BCUT2D eigenvalue weighted by Gasteiger charge is -2.07. The zero-order valence-corrected chi connectivity index (χ0v) is 13.4.